The Morgan fingerprint density at radius 2 is 2.21 bits per heavy atom. The van der Waals surface area contributed by atoms with Crippen molar-refractivity contribution in [1.29, 1.82) is 0 Å². The third-order valence-electron chi connectivity index (χ3n) is 7.07. The highest BCUT2D eigenvalue weighted by atomic mass is 32.9. The van der Waals surface area contributed by atoms with E-state index in [1.165, 1.54) is 11.9 Å². The number of hydrogen-bond donors (Lipinski definition) is 2. The molecule has 1 saturated carbocycles. The number of fused-ring (bicyclic) bond motifs is 2. The van der Waals surface area contributed by atoms with Gasteiger partial charge in [-0.1, -0.05) is 30.5 Å². The lowest BCUT2D eigenvalue weighted by Crippen LogP contribution is -2.39. The number of ether oxygens (including phenoxy) is 1. The zero-order valence-electron chi connectivity index (χ0n) is 19.4. The number of hydrogen-bond acceptors (Lipinski definition) is 8. The first-order chi connectivity index (χ1) is 15.6. The summed E-state index contributed by atoms with van der Waals surface area (Å²) < 4.78 is 20.9. The summed E-state index contributed by atoms with van der Waals surface area (Å²) in [5.74, 6) is 0.465. The van der Waals surface area contributed by atoms with E-state index in [4.69, 9.17) is 25.6 Å². The van der Waals surface area contributed by atoms with Crippen LogP contribution < -0.4 is 11.2 Å². The van der Waals surface area contributed by atoms with Crippen molar-refractivity contribution >= 4 is 53.5 Å². The maximum atomic E-state index is 12.1. The van der Waals surface area contributed by atoms with E-state index in [9.17, 15) is 9.59 Å². The van der Waals surface area contributed by atoms with Gasteiger partial charge in [0.05, 0.1) is 24.6 Å². The molecule has 1 aliphatic carbocycles. The van der Waals surface area contributed by atoms with Crippen molar-refractivity contribution in [2.75, 3.05) is 0 Å². The van der Waals surface area contributed by atoms with Crippen LogP contribution in [0.4, 0.5) is 0 Å². The Hall–Kier alpha value is -0.880. The molecule has 5 rings (SSSR count). The Bertz CT molecular complexity index is 1260. The number of aromatic nitrogens is 4. The van der Waals surface area contributed by atoms with Crippen LogP contribution in [0.25, 0.3) is 11.2 Å². The molecule has 13 heteroatoms. The molecule has 9 nitrogen and oxygen atoms in total. The van der Waals surface area contributed by atoms with E-state index in [0.717, 1.165) is 25.7 Å². The molecule has 0 bridgehead atoms. The summed E-state index contributed by atoms with van der Waals surface area (Å²) in [6, 6.07) is 0. The Labute approximate surface area is 213 Å². The predicted molar refractivity (Wildman–Crippen MR) is 142 cm³/mol. The van der Waals surface area contributed by atoms with Crippen molar-refractivity contribution in [3.8, 4) is 0 Å². The van der Waals surface area contributed by atoms with Crippen LogP contribution in [0.5, 0.6) is 0 Å². The van der Waals surface area contributed by atoms with Gasteiger partial charge >= 0.3 is 5.69 Å². The molecule has 0 unspecified atom stereocenters. The highest BCUT2D eigenvalue weighted by molar-refractivity contribution is 8.68. The van der Waals surface area contributed by atoms with Gasteiger partial charge in [-0.2, -0.15) is 13.5 Å². The second-order valence-electron chi connectivity index (χ2n) is 9.44. The summed E-state index contributed by atoms with van der Waals surface area (Å²) in [7, 11) is 0. The summed E-state index contributed by atoms with van der Waals surface area (Å²) in [6.07, 6.45) is 5.07. The molecule has 7 atom stereocenters. The van der Waals surface area contributed by atoms with Crippen LogP contribution in [0.3, 0.4) is 0 Å². The summed E-state index contributed by atoms with van der Waals surface area (Å²) in [4.78, 5) is 32.9. The summed E-state index contributed by atoms with van der Waals surface area (Å²) in [5.41, 5.74) is -1.96. The van der Waals surface area contributed by atoms with Gasteiger partial charge in [0, 0.05) is 11.2 Å². The van der Waals surface area contributed by atoms with E-state index in [-0.39, 0.29) is 42.1 Å². The molecule has 34 heavy (non-hydrogen) atoms. The maximum Gasteiger partial charge on any atom is 0.327 e. The van der Waals surface area contributed by atoms with Crippen LogP contribution in [-0.2, 0) is 25.6 Å². The van der Waals surface area contributed by atoms with Crippen LogP contribution in [-0.4, -0.2) is 42.6 Å². The highest BCUT2D eigenvalue weighted by Gasteiger charge is 2.54. The number of H-pyrrole nitrogens is 2. The van der Waals surface area contributed by atoms with Crippen LogP contribution >= 0.6 is 30.6 Å². The molecule has 188 valence electrons. The molecule has 2 N–H and O–H groups in total. The van der Waals surface area contributed by atoms with Gasteiger partial charge in [-0.25, -0.2) is 9.78 Å². The number of nitrogens with one attached hydrogen (secondary N) is 2. The minimum Gasteiger partial charge on any atom is -0.352 e. The van der Waals surface area contributed by atoms with Crippen molar-refractivity contribution in [1.82, 2.24) is 19.5 Å². The van der Waals surface area contributed by atoms with E-state index >= 15 is 0 Å². The number of nitrogens with zero attached hydrogens (tertiary/aromatic N) is 2. The van der Waals surface area contributed by atoms with Crippen LogP contribution in [0, 0.1) is 5.92 Å². The smallest absolute Gasteiger partial charge is 0.327 e. The molecule has 0 spiro atoms. The highest BCUT2D eigenvalue weighted by Crippen LogP contribution is 2.76. The topological polar surface area (TPSA) is 111 Å². The lowest BCUT2D eigenvalue weighted by atomic mass is 9.77. The van der Waals surface area contributed by atoms with Gasteiger partial charge in [0.15, 0.2) is 5.52 Å². The van der Waals surface area contributed by atoms with E-state index < -0.39 is 23.2 Å². The quantitative estimate of drug-likeness (QED) is 0.426. The number of rotatable bonds is 5. The Morgan fingerprint density at radius 3 is 2.91 bits per heavy atom. The molecule has 2 aliphatic heterocycles. The van der Waals surface area contributed by atoms with Gasteiger partial charge in [0.25, 0.3) is 5.56 Å². The Morgan fingerprint density at radius 1 is 1.44 bits per heavy atom. The van der Waals surface area contributed by atoms with Crippen molar-refractivity contribution < 1.29 is 13.8 Å². The van der Waals surface area contributed by atoms with Gasteiger partial charge in [-0.05, 0) is 57.3 Å². The molecule has 2 saturated heterocycles. The second kappa shape index (κ2) is 9.53. The van der Waals surface area contributed by atoms with E-state index in [1.54, 1.807) is 15.9 Å². The average Bonchev–Trinajstić information content (AvgIpc) is 3.39. The lowest BCUT2D eigenvalue weighted by Gasteiger charge is -2.37. The van der Waals surface area contributed by atoms with Crippen molar-refractivity contribution in [2.45, 2.75) is 82.2 Å². The third-order valence-corrected chi connectivity index (χ3v) is 12.8. The first-order valence-corrected chi connectivity index (χ1v) is 15.3. The second-order valence-corrected chi connectivity index (χ2v) is 16.0. The molecule has 0 amide bonds. The predicted octanol–water partition coefficient (Wildman–Crippen LogP) is 4.10. The number of allylic oxidation sites excluding steroid dienone is 1. The summed E-state index contributed by atoms with van der Waals surface area (Å²) >= 11 is 7.69. The van der Waals surface area contributed by atoms with Crippen LogP contribution in [0.1, 0.15) is 59.1 Å². The van der Waals surface area contributed by atoms with Gasteiger partial charge < -0.3 is 13.8 Å². The van der Waals surface area contributed by atoms with Gasteiger partial charge in [0.2, 0.25) is 5.69 Å². The summed E-state index contributed by atoms with van der Waals surface area (Å²) in [5, 5.41) is 0. The number of aromatic amines is 2. The first kappa shape index (κ1) is 26.2. The molecular weight excluding hydrogens is 515 g/mol. The molecule has 0 aromatic carbocycles. The fourth-order valence-corrected chi connectivity index (χ4v) is 12.7. The largest absolute Gasteiger partial charge is 0.352 e. The minimum atomic E-state index is -2.56. The zero-order chi connectivity index (χ0) is 23.5. The SMILES string of the molecule is C=C(C)[C@@H]1CC[C@]2(C)S[P@@](=S)(O[C@H]3C[C@H](n4cnc5c(=O)[nH]c(=O)[nH]c54)O[C@@H]3CC)O[C@H]2C1.S. The van der Waals surface area contributed by atoms with Crippen molar-refractivity contribution in [2.24, 2.45) is 5.92 Å². The molecule has 3 aliphatic rings. The van der Waals surface area contributed by atoms with Crippen LogP contribution in [0.15, 0.2) is 28.1 Å². The third kappa shape index (κ3) is 4.63. The Balaban J connectivity index is 0.00000274. The Kier molecular flexibility index (Phi) is 7.34. The zero-order valence-corrected chi connectivity index (χ0v) is 22.9. The fourth-order valence-electron chi connectivity index (χ4n) is 5.11. The monoisotopic (exact) mass is 546 g/mol. The molecule has 3 fully saturated rings. The van der Waals surface area contributed by atoms with Gasteiger partial charge in [-0.15, -0.1) is 0 Å². The van der Waals surface area contributed by atoms with Gasteiger partial charge in [-0.3, -0.25) is 19.3 Å². The van der Waals surface area contributed by atoms with Gasteiger partial charge in [0.1, 0.15) is 11.9 Å². The minimum absolute atomic E-state index is 0. The van der Waals surface area contributed by atoms with E-state index in [2.05, 4.69) is 35.4 Å². The van der Waals surface area contributed by atoms with E-state index in [0.29, 0.717) is 18.0 Å². The van der Waals surface area contributed by atoms with E-state index in [1.807, 2.05) is 6.92 Å². The lowest BCUT2D eigenvalue weighted by molar-refractivity contribution is -0.0151. The molecule has 2 aromatic heterocycles. The first-order valence-electron chi connectivity index (χ1n) is 11.3. The maximum absolute atomic E-state index is 12.1. The standard InChI is InChI=1S/C21H29N4O5PS2.H2S/c1-5-13-14(9-16(28-13)25-10-22-17-18(25)23-20(27)24-19(17)26)29-31(32)30-15-8-12(11(2)3)6-7-21(15,4)33-31;/h10,12-16H,2,5-9H2,1,3-4H3,(H2,23,24,26,27);1H2/t12-,13-,14+,15+,16-,21+,31+;/m1./s1. The van der Waals surface area contributed by atoms with Crippen molar-refractivity contribution in [3.05, 3.63) is 39.3 Å². The van der Waals surface area contributed by atoms with Crippen LogP contribution in [0.2, 0.25) is 0 Å². The molecule has 2 aromatic rings. The molecular formula is C21H31N4O5PS3. The molecule has 4 heterocycles. The average molecular weight is 547 g/mol. The van der Waals surface area contributed by atoms with Crippen molar-refractivity contribution in [3.63, 3.8) is 0 Å². The molecule has 0 radical (unpaired) electrons. The fraction of sp³-hybridized carbons (Fsp3) is 0.667. The normalized spacial score (nSPS) is 37.4. The summed E-state index contributed by atoms with van der Waals surface area (Å²) in [6.45, 7) is 10.5. The number of imidazole rings is 1.